The largest absolute Gasteiger partial charge is 0.322 e. The summed E-state index contributed by atoms with van der Waals surface area (Å²) < 4.78 is 27.9. The van der Waals surface area contributed by atoms with Crippen LogP contribution in [0.3, 0.4) is 0 Å². The van der Waals surface area contributed by atoms with Crippen molar-refractivity contribution < 1.29 is 13.2 Å². The van der Waals surface area contributed by atoms with Crippen molar-refractivity contribution in [1.82, 2.24) is 0 Å². The summed E-state index contributed by atoms with van der Waals surface area (Å²) >= 11 is 13.6. The van der Waals surface area contributed by atoms with Crippen LogP contribution in [0.4, 0.5) is 11.4 Å². The van der Waals surface area contributed by atoms with E-state index in [4.69, 9.17) is 23.2 Å². The van der Waals surface area contributed by atoms with Crippen LogP contribution in [-0.2, 0) is 15.8 Å². The van der Waals surface area contributed by atoms with Gasteiger partial charge in [0.25, 0.3) is 15.9 Å². The molecule has 0 fully saturated rings. The van der Waals surface area contributed by atoms with E-state index >= 15 is 0 Å². The molecule has 35 heavy (non-hydrogen) atoms. The number of amides is 1. The maximum atomic E-state index is 13.0. The van der Waals surface area contributed by atoms with Crippen LogP contribution in [0, 0.1) is 0 Å². The highest BCUT2D eigenvalue weighted by Crippen LogP contribution is 2.31. The highest BCUT2D eigenvalue weighted by molar-refractivity contribution is 7.98. The van der Waals surface area contributed by atoms with Gasteiger partial charge in [-0.15, -0.1) is 11.8 Å². The van der Waals surface area contributed by atoms with Crippen LogP contribution in [0.1, 0.15) is 15.9 Å². The van der Waals surface area contributed by atoms with Crippen LogP contribution in [0.2, 0.25) is 10.0 Å². The van der Waals surface area contributed by atoms with Crippen molar-refractivity contribution in [2.24, 2.45) is 0 Å². The lowest BCUT2D eigenvalue weighted by Gasteiger charge is -2.12. The lowest BCUT2D eigenvalue weighted by atomic mass is 10.2. The molecule has 0 spiro atoms. The van der Waals surface area contributed by atoms with Crippen molar-refractivity contribution in [3.8, 4) is 0 Å². The Morgan fingerprint density at radius 2 is 1.49 bits per heavy atom. The maximum Gasteiger partial charge on any atom is 0.261 e. The molecular formula is C26H20Cl2N2O3S2. The summed E-state index contributed by atoms with van der Waals surface area (Å²) in [6.07, 6.45) is 0. The molecule has 4 rings (SSSR count). The minimum atomic E-state index is -3.90. The molecule has 0 unspecified atom stereocenters. The van der Waals surface area contributed by atoms with Gasteiger partial charge < -0.3 is 5.32 Å². The first kappa shape index (κ1) is 25.1. The van der Waals surface area contributed by atoms with E-state index < -0.39 is 10.0 Å². The molecule has 2 N–H and O–H groups in total. The molecule has 0 aromatic heterocycles. The topological polar surface area (TPSA) is 75.3 Å². The molecule has 0 saturated carbocycles. The second kappa shape index (κ2) is 11.2. The Bertz CT molecular complexity index is 1450. The zero-order valence-corrected chi connectivity index (χ0v) is 21.4. The lowest BCUT2D eigenvalue weighted by molar-refractivity contribution is 0.102. The third kappa shape index (κ3) is 6.38. The number of hydrogen-bond donors (Lipinski definition) is 2. The van der Waals surface area contributed by atoms with E-state index in [-0.39, 0.29) is 26.5 Å². The van der Waals surface area contributed by atoms with E-state index in [1.54, 1.807) is 30.0 Å². The molecule has 4 aromatic rings. The van der Waals surface area contributed by atoms with Gasteiger partial charge in [-0.2, -0.15) is 0 Å². The number of anilines is 2. The van der Waals surface area contributed by atoms with Gasteiger partial charge in [-0.25, -0.2) is 8.42 Å². The van der Waals surface area contributed by atoms with Crippen LogP contribution in [-0.4, -0.2) is 14.3 Å². The SMILES string of the molecule is O=C(Nc1ccc(S(=O)(=O)Nc2cccc(Cl)c2Cl)cc1)c1ccccc1SCc1ccccc1. The number of carbonyl (C=O) groups is 1. The average molecular weight is 543 g/mol. The molecule has 5 nitrogen and oxygen atoms in total. The van der Waals surface area contributed by atoms with Gasteiger partial charge in [-0.3, -0.25) is 9.52 Å². The molecule has 4 aromatic carbocycles. The van der Waals surface area contributed by atoms with Gasteiger partial charge in [-0.1, -0.05) is 71.7 Å². The Hall–Kier alpha value is -2.97. The number of hydrogen-bond acceptors (Lipinski definition) is 4. The second-order valence-electron chi connectivity index (χ2n) is 7.46. The first-order valence-electron chi connectivity index (χ1n) is 10.5. The summed E-state index contributed by atoms with van der Waals surface area (Å²) in [4.78, 5) is 13.8. The molecule has 0 radical (unpaired) electrons. The first-order valence-corrected chi connectivity index (χ1v) is 13.7. The Kier molecular flexibility index (Phi) is 8.03. The van der Waals surface area contributed by atoms with Crippen molar-refractivity contribution >= 4 is 62.3 Å². The molecule has 0 heterocycles. The minimum absolute atomic E-state index is 0.0188. The molecule has 0 atom stereocenters. The van der Waals surface area contributed by atoms with E-state index in [0.29, 0.717) is 11.3 Å². The third-order valence-electron chi connectivity index (χ3n) is 4.99. The second-order valence-corrected chi connectivity index (χ2v) is 10.9. The number of sulfonamides is 1. The number of rotatable bonds is 8. The van der Waals surface area contributed by atoms with Gasteiger partial charge in [-0.05, 0) is 54.1 Å². The Morgan fingerprint density at radius 3 is 2.23 bits per heavy atom. The molecule has 0 bridgehead atoms. The fraction of sp³-hybridized carbons (Fsp3) is 0.0385. The summed E-state index contributed by atoms with van der Waals surface area (Å²) in [6, 6.07) is 28.0. The third-order valence-corrected chi connectivity index (χ3v) is 8.33. The Morgan fingerprint density at radius 1 is 0.800 bits per heavy atom. The van der Waals surface area contributed by atoms with Gasteiger partial charge in [0.2, 0.25) is 0 Å². The monoisotopic (exact) mass is 542 g/mol. The van der Waals surface area contributed by atoms with Crippen LogP contribution in [0.25, 0.3) is 0 Å². The smallest absolute Gasteiger partial charge is 0.261 e. The van der Waals surface area contributed by atoms with E-state index in [9.17, 15) is 13.2 Å². The van der Waals surface area contributed by atoms with Gasteiger partial charge >= 0.3 is 0 Å². The van der Waals surface area contributed by atoms with Crippen LogP contribution >= 0.6 is 35.0 Å². The summed E-state index contributed by atoms with van der Waals surface area (Å²) in [7, 11) is -3.90. The molecular weight excluding hydrogens is 523 g/mol. The predicted molar refractivity (Wildman–Crippen MR) is 144 cm³/mol. The van der Waals surface area contributed by atoms with Gasteiger partial charge in [0.1, 0.15) is 0 Å². The average Bonchev–Trinajstić information content (AvgIpc) is 2.86. The van der Waals surface area contributed by atoms with Crippen molar-refractivity contribution in [3.63, 3.8) is 0 Å². The van der Waals surface area contributed by atoms with Crippen molar-refractivity contribution in [2.75, 3.05) is 10.0 Å². The molecule has 1 amide bonds. The van der Waals surface area contributed by atoms with Crippen LogP contribution in [0.15, 0.2) is 107 Å². The van der Waals surface area contributed by atoms with Crippen molar-refractivity contribution in [2.45, 2.75) is 15.5 Å². The van der Waals surface area contributed by atoms with Gasteiger partial charge in [0.15, 0.2) is 0 Å². The number of halogens is 2. The summed E-state index contributed by atoms with van der Waals surface area (Å²) in [5, 5.41) is 3.19. The molecule has 178 valence electrons. The van der Waals surface area contributed by atoms with Crippen LogP contribution < -0.4 is 10.0 Å². The first-order chi connectivity index (χ1) is 16.8. The van der Waals surface area contributed by atoms with Crippen molar-refractivity contribution in [1.29, 1.82) is 0 Å². The molecule has 0 saturated heterocycles. The normalized spacial score (nSPS) is 11.1. The quantitative estimate of drug-likeness (QED) is 0.228. The Balaban J connectivity index is 1.45. The summed E-state index contributed by atoms with van der Waals surface area (Å²) in [5.41, 5.74) is 2.36. The summed E-state index contributed by atoms with van der Waals surface area (Å²) in [5.74, 6) is 0.460. The van der Waals surface area contributed by atoms with E-state index in [0.717, 1.165) is 16.2 Å². The van der Waals surface area contributed by atoms with E-state index in [1.165, 1.54) is 30.3 Å². The molecule has 9 heteroatoms. The highest BCUT2D eigenvalue weighted by atomic mass is 35.5. The van der Waals surface area contributed by atoms with E-state index in [1.807, 2.05) is 48.5 Å². The maximum absolute atomic E-state index is 13.0. The number of carbonyl (C=O) groups excluding carboxylic acids is 1. The van der Waals surface area contributed by atoms with Crippen molar-refractivity contribution in [3.05, 3.63) is 118 Å². The molecule has 0 aliphatic carbocycles. The van der Waals surface area contributed by atoms with Gasteiger partial charge in [0, 0.05) is 16.3 Å². The Labute approximate surface area is 218 Å². The fourth-order valence-electron chi connectivity index (χ4n) is 3.22. The number of benzene rings is 4. The minimum Gasteiger partial charge on any atom is -0.322 e. The zero-order valence-electron chi connectivity index (χ0n) is 18.2. The number of thioether (sulfide) groups is 1. The highest BCUT2D eigenvalue weighted by Gasteiger charge is 2.17. The van der Waals surface area contributed by atoms with Gasteiger partial charge in [0.05, 0.1) is 26.2 Å². The zero-order chi connectivity index (χ0) is 24.8. The standard InChI is InChI=1S/C26H20Cl2N2O3S2/c27-22-10-6-11-23(25(22)28)30-35(32,33)20-15-13-19(14-16-20)29-26(31)21-9-4-5-12-24(21)34-17-18-7-2-1-3-8-18/h1-16,30H,17H2,(H,29,31). The van der Waals surface area contributed by atoms with Crippen LogP contribution in [0.5, 0.6) is 0 Å². The molecule has 0 aliphatic rings. The predicted octanol–water partition coefficient (Wildman–Crippen LogP) is 7.34. The lowest BCUT2D eigenvalue weighted by Crippen LogP contribution is -2.15. The number of nitrogens with one attached hydrogen (secondary N) is 2. The fourth-order valence-corrected chi connectivity index (χ4v) is 5.70. The summed E-state index contributed by atoms with van der Waals surface area (Å²) in [6.45, 7) is 0. The molecule has 0 aliphatic heterocycles. The van der Waals surface area contributed by atoms with E-state index in [2.05, 4.69) is 10.0 Å².